The number of halogens is 2. The Morgan fingerprint density at radius 1 is 1.36 bits per heavy atom. The van der Waals surface area contributed by atoms with Crippen LogP contribution in [0.2, 0.25) is 5.02 Å². The standard InChI is InChI=1S/C21H26ClFN4O/c1-4-26(5-2)11-6-7-15(3)25-21(28)20-16(14-24)10-12-27(20)17-8-9-19(23)18(22)13-17/h8-10,12-13,15H,4-7,11H2,1-3H3,(H,25,28). The molecule has 0 saturated carbocycles. The van der Waals surface area contributed by atoms with E-state index in [1.165, 1.54) is 18.2 Å². The van der Waals surface area contributed by atoms with Crippen molar-refractivity contribution < 1.29 is 9.18 Å². The lowest BCUT2D eigenvalue weighted by molar-refractivity contribution is 0.0930. The van der Waals surface area contributed by atoms with Crippen molar-refractivity contribution >= 4 is 17.5 Å². The average Bonchev–Trinajstić information content (AvgIpc) is 3.11. The molecule has 0 spiro atoms. The number of carbonyl (C=O) groups excluding carboxylic acids is 1. The highest BCUT2D eigenvalue weighted by Gasteiger charge is 2.20. The molecule has 0 saturated heterocycles. The number of aromatic nitrogens is 1. The maximum Gasteiger partial charge on any atom is 0.269 e. The van der Waals surface area contributed by atoms with Gasteiger partial charge in [-0.1, -0.05) is 25.4 Å². The third-order valence-corrected chi connectivity index (χ3v) is 5.08. The van der Waals surface area contributed by atoms with Gasteiger partial charge in [0.05, 0.1) is 10.6 Å². The molecule has 1 atom stereocenters. The van der Waals surface area contributed by atoms with Gasteiger partial charge in [0.25, 0.3) is 5.91 Å². The fourth-order valence-corrected chi connectivity index (χ4v) is 3.30. The van der Waals surface area contributed by atoms with Crippen molar-refractivity contribution in [3.63, 3.8) is 0 Å². The normalized spacial score (nSPS) is 12.0. The minimum absolute atomic E-state index is 0.0326. The first kappa shape index (κ1) is 21.9. The number of carbonyl (C=O) groups is 1. The quantitative estimate of drug-likeness (QED) is 0.674. The van der Waals surface area contributed by atoms with E-state index in [4.69, 9.17) is 11.6 Å². The van der Waals surface area contributed by atoms with Gasteiger partial charge in [0.1, 0.15) is 17.6 Å². The summed E-state index contributed by atoms with van der Waals surface area (Å²) in [6.07, 6.45) is 3.43. The molecule has 0 aliphatic carbocycles. The highest BCUT2D eigenvalue weighted by Crippen LogP contribution is 2.22. The molecule has 0 radical (unpaired) electrons. The Hall–Kier alpha value is -2.36. The molecule has 0 bridgehead atoms. The van der Waals surface area contributed by atoms with Gasteiger partial charge in [-0.2, -0.15) is 5.26 Å². The number of hydrogen-bond acceptors (Lipinski definition) is 3. The molecule has 5 nitrogen and oxygen atoms in total. The molecule has 150 valence electrons. The first-order chi connectivity index (χ1) is 13.4. The molecule has 28 heavy (non-hydrogen) atoms. The number of nitriles is 1. The minimum Gasteiger partial charge on any atom is -0.348 e. The molecule has 7 heteroatoms. The molecule has 1 N–H and O–H groups in total. The molecule has 2 rings (SSSR count). The Morgan fingerprint density at radius 2 is 2.07 bits per heavy atom. The van der Waals surface area contributed by atoms with Crippen molar-refractivity contribution in [1.82, 2.24) is 14.8 Å². The Balaban J connectivity index is 2.13. The predicted octanol–water partition coefficient (Wildman–Crippen LogP) is 4.38. The van der Waals surface area contributed by atoms with Crippen LogP contribution in [0.4, 0.5) is 4.39 Å². The molecule has 0 fully saturated rings. The van der Waals surface area contributed by atoms with Crippen LogP contribution < -0.4 is 5.32 Å². The smallest absolute Gasteiger partial charge is 0.269 e. The summed E-state index contributed by atoms with van der Waals surface area (Å²) in [5, 5.41) is 12.3. The number of hydrogen-bond donors (Lipinski definition) is 1. The molecule has 1 aromatic carbocycles. The van der Waals surface area contributed by atoms with Crippen molar-refractivity contribution in [1.29, 1.82) is 5.26 Å². The molecular weight excluding hydrogens is 379 g/mol. The number of amides is 1. The van der Waals surface area contributed by atoms with E-state index < -0.39 is 5.82 Å². The Morgan fingerprint density at radius 3 is 2.68 bits per heavy atom. The highest BCUT2D eigenvalue weighted by molar-refractivity contribution is 6.30. The fourth-order valence-electron chi connectivity index (χ4n) is 3.13. The minimum atomic E-state index is -0.536. The van der Waals surface area contributed by atoms with E-state index in [0.717, 1.165) is 32.5 Å². The molecule has 1 heterocycles. The maximum absolute atomic E-state index is 13.5. The Kier molecular flexibility index (Phi) is 8.04. The van der Waals surface area contributed by atoms with Gasteiger partial charge in [-0.15, -0.1) is 0 Å². The van der Waals surface area contributed by atoms with Gasteiger partial charge in [-0.05, 0) is 63.7 Å². The second kappa shape index (κ2) is 10.3. The summed E-state index contributed by atoms with van der Waals surface area (Å²) in [5.41, 5.74) is 1.00. The lowest BCUT2D eigenvalue weighted by atomic mass is 10.1. The van der Waals surface area contributed by atoms with Crippen LogP contribution in [0.5, 0.6) is 0 Å². The van der Waals surface area contributed by atoms with Crippen LogP contribution in [0.3, 0.4) is 0 Å². The number of nitrogens with one attached hydrogen (secondary N) is 1. The first-order valence-corrected chi connectivity index (χ1v) is 9.89. The highest BCUT2D eigenvalue weighted by atomic mass is 35.5. The van der Waals surface area contributed by atoms with Crippen LogP contribution >= 0.6 is 11.6 Å². The number of rotatable bonds is 9. The van der Waals surface area contributed by atoms with Gasteiger partial charge in [0, 0.05) is 17.9 Å². The zero-order valence-electron chi connectivity index (χ0n) is 16.5. The third-order valence-electron chi connectivity index (χ3n) is 4.79. The van der Waals surface area contributed by atoms with E-state index in [2.05, 4.69) is 24.1 Å². The number of benzene rings is 1. The molecule has 1 unspecified atom stereocenters. The van der Waals surface area contributed by atoms with E-state index in [1.807, 2.05) is 13.0 Å². The van der Waals surface area contributed by atoms with Crippen LogP contribution in [0, 0.1) is 17.1 Å². The van der Waals surface area contributed by atoms with Crippen molar-refractivity contribution in [2.45, 2.75) is 39.7 Å². The largest absolute Gasteiger partial charge is 0.348 e. The van der Waals surface area contributed by atoms with E-state index in [9.17, 15) is 14.4 Å². The fraction of sp³-hybridized carbons (Fsp3) is 0.429. The lowest BCUT2D eigenvalue weighted by Crippen LogP contribution is -2.35. The zero-order valence-corrected chi connectivity index (χ0v) is 17.3. The van der Waals surface area contributed by atoms with E-state index in [-0.39, 0.29) is 28.2 Å². The van der Waals surface area contributed by atoms with Crippen molar-refractivity contribution in [3.8, 4) is 11.8 Å². The van der Waals surface area contributed by atoms with Crippen LogP contribution in [0.25, 0.3) is 5.69 Å². The first-order valence-electron chi connectivity index (χ1n) is 9.51. The molecule has 0 aliphatic rings. The average molecular weight is 405 g/mol. The van der Waals surface area contributed by atoms with Gasteiger partial charge >= 0.3 is 0 Å². The summed E-state index contributed by atoms with van der Waals surface area (Å²) >= 11 is 5.87. The monoisotopic (exact) mass is 404 g/mol. The summed E-state index contributed by atoms with van der Waals surface area (Å²) in [6.45, 7) is 9.23. The van der Waals surface area contributed by atoms with Crippen molar-refractivity contribution in [2.24, 2.45) is 0 Å². The van der Waals surface area contributed by atoms with Gasteiger partial charge in [-0.3, -0.25) is 4.79 Å². The summed E-state index contributed by atoms with van der Waals surface area (Å²) in [7, 11) is 0. The summed E-state index contributed by atoms with van der Waals surface area (Å²) in [5.74, 6) is -0.872. The van der Waals surface area contributed by atoms with Crippen LogP contribution in [0.15, 0.2) is 30.5 Å². The lowest BCUT2D eigenvalue weighted by Gasteiger charge is -2.20. The second-order valence-electron chi connectivity index (χ2n) is 6.70. The third kappa shape index (κ3) is 5.34. The maximum atomic E-state index is 13.5. The molecule has 1 aromatic heterocycles. The summed E-state index contributed by atoms with van der Waals surface area (Å²) in [6, 6.07) is 7.77. The van der Waals surface area contributed by atoms with Crippen LogP contribution in [-0.4, -0.2) is 41.1 Å². The molecule has 1 amide bonds. The molecule has 0 aliphatic heterocycles. The topological polar surface area (TPSA) is 61.1 Å². The van der Waals surface area contributed by atoms with Crippen molar-refractivity contribution in [2.75, 3.05) is 19.6 Å². The summed E-state index contributed by atoms with van der Waals surface area (Å²) < 4.78 is 15.0. The second-order valence-corrected chi connectivity index (χ2v) is 7.11. The van der Waals surface area contributed by atoms with Gasteiger partial charge in [0.2, 0.25) is 0 Å². The van der Waals surface area contributed by atoms with E-state index >= 15 is 0 Å². The Labute approximate surface area is 170 Å². The van der Waals surface area contributed by atoms with Crippen LogP contribution in [-0.2, 0) is 0 Å². The predicted molar refractivity (Wildman–Crippen MR) is 109 cm³/mol. The van der Waals surface area contributed by atoms with E-state index in [1.54, 1.807) is 16.8 Å². The SMILES string of the molecule is CCN(CC)CCCC(C)NC(=O)c1c(C#N)ccn1-c1ccc(F)c(Cl)c1. The molecular formula is C21H26ClFN4O. The van der Waals surface area contributed by atoms with Gasteiger partial charge in [-0.25, -0.2) is 4.39 Å². The number of nitrogens with zero attached hydrogens (tertiary/aromatic N) is 3. The summed E-state index contributed by atoms with van der Waals surface area (Å²) in [4.78, 5) is 15.2. The molecule has 2 aromatic rings. The van der Waals surface area contributed by atoms with E-state index in [0.29, 0.717) is 5.69 Å². The van der Waals surface area contributed by atoms with Gasteiger partial charge < -0.3 is 14.8 Å². The van der Waals surface area contributed by atoms with Gasteiger partial charge in [0.15, 0.2) is 0 Å². The zero-order chi connectivity index (χ0) is 20.7. The van der Waals surface area contributed by atoms with Crippen molar-refractivity contribution in [3.05, 3.63) is 52.6 Å². The van der Waals surface area contributed by atoms with Crippen LogP contribution in [0.1, 0.15) is 49.7 Å². The Bertz CT molecular complexity index is 855.